The Morgan fingerprint density at radius 3 is 1.55 bits per heavy atom. The normalized spacial score (nSPS) is 10.8. The Balaban J connectivity index is 2.21. The number of rotatable bonds is 3. The summed E-state index contributed by atoms with van der Waals surface area (Å²) in [6.07, 6.45) is 0. The van der Waals surface area contributed by atoms with Gasteiger partial charge in [0.25, 0.3) is 0 Å². The van der Waals surface area contributed by atoms with Crippen LogP contribution in [-0.2, 0) is 0 Å². The Labute approximate surface area is 131 Å². The molecule has 2 nitrogen and oxygen atoms in total. The van der Waals surface area contributed by atoms with Gasteiger partial charge >= 0.3 is 0 Å². The molecular weight excluding hydrogens is 268 g/mol. The highest BCUT2D eigenvalue weighted by molar-refractivity contribution is 5.61. The van der Waals surface area contributed by atoms with E-state index in [-0.39, 0.29) is 5.92 Å². The van der Waals surface area contributed by atoms with Crippen molar-refractivity contribution in [2.24, 2.45) is 0 Å². The van der Waals surface area contributed by atoms with Gasteiger partial charge in [-0.2, -0.15) is 0 Å². The Kier molecular flexibility index (Phi) is 3.84. The first kappa shape index (κ1) is 14.2. The molecule has 0 aliphatic rings. The zero-order valence-corrected chi connectivity index (χ0v) is 12.7. The molecule has 0 aliphatic heterocycles. The van der Waals surface area contributed by atoms with Crippen molar-refractivity contribution in [2.75, 3.05) is 11.5 Å². The lowest BCUT2D eigenvalue weighted by Crippen LogP contribution is -2.08. The topological polar surface area (TPSA) is 52.0 Å². The van der Waals surface area contributed by atoms with Crippen molar-refractivity contribution in [1.29, 1.82) is 0 Å². The summed E-state index contributed by atoms with van der Waals surface area (Å²) in [6.45, 7) is 2.09. The predicted molar refractivity (Wildman–Crippen MR) is 93.8 cm³/mol. The number of hydrogen-bond acceptors (Lipinski definition) is 2. The van der Waals surface area contributed by atoms with Crippen LogP contribution in [0.3, 0.4) is 0 Å². The van der Waals surface area contributed by atoms with Gasteiger partial charge in [0.1, 0.15) is 0 Å². The smallest absolute Gasteiger partial charge is 0.0380 e. The molecule has 0 spiro atoms. The van der Waals surface area contributed by atoms with E-state index in [4.69, 9.17) is 11.5 Å². The van der Waals surface area contributed by atoms with Gasteiger partial charge in [-0.1, -0.05) is 66.2 Å². The molecule has 0 heterocycles. The lowest BCUT2D eigenvalue weighted by atomic mass is 9.83. The Bertz CT molecular complexity index is 730. The lowest BCUT2D eigenvalue weighted by molar-refractivity contribution is 0.983. The number of anilines is 2. The average molecular weight is 288 g/mol. The van der Waals surface area contributed by atoms with Crippen molar-refractivity contribution in [3.63, 3.8) is 0 Å². The second kappa shape index (κ2) is 5.94. The van der Waals surface area contributed by atoms with E-state index in [1.165, 1.54) is 11.1 Å². The van der Waals surface area contributed by atoms with Gasteiger partial charge in [0.05, 0.1) is 0 Å². The van der Waals surface area contributed by atoms with E-state index in [0.29, 0.717) is 0 Å². The third-order valence-corrected chi connectivity index (χ3v) is 4.02. The maximum atomic E-state index is 6.24. The van der Waals surface area contributed by atoms with Gasteiger partial charge in [-0.05, 0) is 35.7 Å². The van der Waals surface area contributed by atoms with E-state index in [0.717, 1.165) is 22.5 Å². The minimum atomic E-state index is 0.0444. The first-order valence-electron chi connectivity index (χ1n) is 7.42. The number of nitrogens with two attached hydrogens (primary N) is 2. The molecule has 0 saturated heterocycles. The second-order valence-electron chi connectivity index (χ2n) is 5.60. The maximum Gasteiger partial charge on any atom is 0.0380 e. The van der Waals surface area contributed by atoms with Crippen LogP contribution in [0.2, 0.25) is 0 Å². The molecule has 0 aliphatic carbocycles. The second-order valence-corrected chi connectivity index (χ2v) is 5.60. The van der Waals surface area contributed by atoms with Crippen LogP contribution < -0.4 is 11.5 Å². The SMILES string of the molecule is Cc1ccc(C(c2ccccc2N)c2ccccc2N)cc1. The van der Waals surface area contributed by atoms with Crippen LogP contribution in [0.25, 0.3) is 0 Å². The molecule has 0 aromatic heterocycles. The first-order valence-corrected chi connectivity index (χ1v) is 7.42. The molecule has 3 aromatic rings. The van der Waals surface area contributed by atoms with Gasteiger partial charge in [-0.3, -0.25) is 0 Å². The van der Waals surface area contributed by atoms with Crippen LogP contribution in [0.1, 0.15) is 28.2 Å². The molecule has 3 aromatic carbocycles. The fourth-order valence-corrected chi connectivity index (χ4v) is 2.83. The highest BCUT2D eigenvalue weighted by atomic mass is 14.6. The molecule has 2 heteroatoms. The van der Waals surface area contributed by atoms with Gasteiger partial charge in [0.2, 0.25) is 0 Å². The molecule has 0 fully saturated rings. The van der Waals surface area contributed by atoms with E-state index in [9.17, 15) is 0 Å². The summed E-state index contributed by atoms with van der Waals surface area (Å²) in [5, 5.41) is 0. The van der Waals surface area contributed by atoms with Crippen molar-refractivity contribution in [2.45, 2.75) is 12.8 Å². The van der Waals surface area contributed by atoms with Crippen LogP contribution in [0.15, 0.2) is 72.8 Å². The predicted octanol–water partition coefficient (Wildman–Crippen LogP) is 4.34. The number of nitrogen functional groups attached to an aromatic ring is 2. The monoisotopic (exact) mass is 288 g/mol. The molecule has 3 rings (SSSR count). The number of aryl methyl sites for hydroxylation is 1. The molecule has 4 N–H and O–H groups in total. The Morgan fingerprint density at radius 1 is 0.636 bits per heavy atom. The third-order valence-electron chi connectivity index (χ3n) is 4.02. The molecular formula is C20H20N2. The minimum Gasteiger partial charge on any atom is -0.398 e. The van der Waals surface area contributed by atoms with E-state index in [2.05, 4.69) is 43.3 Å². The lowest BCUT2D eigenvalue weighted by Gasteiger charge is -2.22. The van der Waals surface area contributed by atoms with Gasteiger partial charge in [0, 0.05) is 17.3 Å². The fourth-order valence-electron chi connectivity index (χ4n) is 2.83. The molecule has 0 radical (unpaired) electrons. The van der Waals surface area contributed by atoms with Gasteiger partial charge < -0.3 is 11.5 Å². The fraction of sp³-hybridized carbons (Fsp3) is 0.100. The molecule has 110 valence electrons. The summed E-state index contributed by atoms with van der Waals surface area (Å²) < 4.78 is 0. The first-order chi connectivity index (χ1) is 10.7. The number of benzene rings is 3. The van der Waals surface area contributed by atoms with E-state index >= 15 is 0 Å². The van der Waals surface area contributed by atoms with Crippen LogP contribution in [0.5, 0.6) is 0 Å². The molecule has 0 saturated carbocycles. The van der Waals surface area contributed by atoms with E-state index in [1.807, 2.05) is 36.4 Å². The highest BCUT2D eigenvalue weighted by Crippen LogP contribution is 2.37. The molecule has 0 unspecified atom stereocenters. The van der Waals surface area contributed by atoms with Crippen molar-refractivity contribution in [3.8, 4) is 0 Å². The average Bonchev–Trinajstić information content (AvgIpc) is 2.53. The van der Waals surface area contributed by atoms with E-state index in [1.54, 1.807) is 0 Å². The van der Waals surface area contributed by atoms with Gasteiger partial charge in [-0.15, -0.1) is 0 Å². The summed E-state index contributed by atoms with van der Waals surface area (Å²) in [4.78, 5) is 0. The molecule has 22 heavy (non-hydrogen) atoms. The van der Waals surface area contributed by atoms with Crippen molar-refractivity contribution in [1.82, 2.24) is 0 Å². The summed E-state index contributed by atoms with van der Waals surface area (Å²) >= 11 is 0. The van der Waals surface area contributed by atoms with Crippen molar-refractivity contribution >= 4 is 11.4 Å². The van der Waals surface area contributed by atoms with Crippen LogP contribution >= 0.6 is 0 Å². The number of para-hydroxylation sites is 2. The quantitative estimate of drug-likeness (QED) is 0.556. The van der Waals surface area contributed by atoms with E-state index < -0.39 is 0 Å². The zero-order valence-electron chi connectivity index (χ0n) is 12.7. The van der Waals surface area contributed by atoms with Crippen molar-refractivity contribution < 1.29 is 0 Å². The summed E-state index contributed by atoms with van der Waals surface area (Å²) in [5.74, 6) is 0.0444. The van der Waals surface area contributed by atoms with Crippen LogP contribution in [0, 0.1) is 6.92 Å². The van der Waals surface area contributed by atoms with Gasteiger partial charge in [-0.25, -0.2) is 0 Å². The largest absolute Gasteiger partial charge is 0.398 e. The van der Waals surface area contributed by atoms with Gasteiger partial charge in [0.15, 0.2) is 0 Å². The number of hydrogen-bond donors (Lipinski definition) is 2. The Morgan fingerprint density at radius 2 is 1.09 bits per heavy atom. The highest BCUT2D eigenvalue weighted by Gasteiger charge is 2.20. The minimum absolute atomic E-state index is 0.0444. The van der Waals surface area contributed by atoms with Crippen LogP contribution in [0.4, 0.5) is 11.4 Å². The summed E-state index contributed by atoms with van der Waals surface area (Å²) in [5.41, 5.74) is 18.7. The summed E-state index contributed by atoms with van der Waals surface area (Å²) in [6, 6.07) is 24.5. The zero-order chi connectivity index (χ0) is 15.5. The maximum absolute atomic E-state index is 6.24. The van der Waals surface area contributed by atoms with Crippen molar-refractivity contribution in [3.05, 3.63) is 95.1 Å². The standard InChI is InChI=1S/C20H20N2/c1-14-10-12-15(13-11-14)20(16-6-2-4-8-18(16)21)17-7-3-5-9-19(17)22/h2-13,20H,21-22H2,1H3. The molecule has 0 atom stereocenters. The van der Waals surface area contributed by atoms with Crippen LogP contribution in [-0.4, -0.2) is 0 Å². The molecule has 0 bridgehead atoms. The third kappa shape index (κ3) is 2.68. The Hall–Kier alpha value is -2.74. The summed E-state index contributed by atoms with van der Waals surface area (Å²) in [7, 11) is 0. The molecule has 0 amide bonds.